The van der Waals surface area contributed by atoms with E-state index in [-0.39, 0.29) is 0 Å². The summed E-state index contributed by atoms with van der Waals surface area (Å²) in [7, 11) is 0. The molecule has 0 radical (unpaired) electrons. The summed E-state index contributed by atoms with van der Waals surface area (Å²) in [6.07, 6.45) is 2.08. The van der Waals surface area contributed by atoms with E-state index in [1.54, 1.807) is 0 Å². The van der Waals surface area contributed by atoms with E-state index in [2.05, 4.69) is 78.9 Å². The number of hydrogen-bond acceptors (Lipinski definition) is 2. The van der Waals surface area contributed by atoms with Gasteiger partial charge < -0.3 is 4.74 Å². The van der Waals surface area contributed by atoms with Crippen molar-refractivity contribution >= 4 is 11.5 Å². The van der Waals surface area contributed by atoms with Crippen LogP contribution in [-0.4, -0.2) is 12.5 Å². The summed E-state index contributed by atoms with van der Waals surface area (Å²) in [5.41, 5.74) is 3.96. The minimum absolute atomic E-state index is 0.594. The highest BCUT2D eigenvalue weighted by molar-refractivity contribution is 6.04. The van der Waals surface area contributed by atoms with Crippen molar-refractivity contribution < 1.29 is 4.74 Å². The molecule has 0 unspecified atom stereocenters. The number of nitrogens with zero attached hydrogens (tertiary/aromatic N) is 1. The molecule has 3 aromatic carbocycles. The molecule has 0 fully saturated rings. The molecule has 0 bridgehead atoms. The molecule has 1 aliphatic rings. The van der Waals surface area contributed by atoms with Crippen LogP contribution in [0.25, 0.3) is 5.57 Å². The molecule has 0 aromatic heterocycles. The van der Waals surface area contributed by atoms with E-state index >= 15 is 0 Å². The third kappa shape index (κ3) is 2.74. The molecule has 0 atom stereocenters. The topological polar surface area (TPSA) is 21.6 Å². The molecular formula is C24H21NO. The zero-order valence-corrected chi connectivity index (χ0v) is 14.8. The number of rotatable bonds is 4. The van der Waals surface area contributed by atoms with Crippen LogP contribution in [-0.2, 0) is 10.3 Å². The van der Waals surface area contributed by atoms with Crippen molar-refractivity contribution in [2.45, 2.75) is 12.5 Å². The standard InChI is InChI=1S/C24H21NO/c1-2-26-23-18-22(19-12-6-3-7-13-19)24(25-23,20-14-8-4-9-15-20)21-16-10-5-11-17-21/h3-18H,2H2,1H3. The Morgan fingerprint density at radius 2 is 1.23 bits per heavy atom. The maximum Gasteiger partial charge on any atom is 0.210 e. The van der Waals surface area contributed by atoms with Gasteiger partial charge >= 0.3 is 0 Å². The van der Waals surface area contributed by atoms with Crippen LogP contribution < -0.4 is 0 Å². The van der Waals surface area contributed by atoms with Gasteiger partial charge in [-0.25, -0.2) is 4.99 Å². The fraction of sp³-hybridized carbons (Fsp3) is 0.125. The second-order valence-corrected chi connectivity index (χ2v) is 6.25. The molecule has 0 saturated heterocycles. The number of aliphatic imine (C=N–C) groups is 1. The molecule has 0 amide bonds. The zero-order chi connectivity index (χ0) is 17.8. The minimum Gasteiger partial charge on any atom is -0.478 e. The normalized spacial score (nSPS) is 15.3. The summed E-state index contributed by atoms with van der Waals surface area (Å²) in [5, 5.41) is 0. The monoisotopic (exact) mass is 339 g/mol. The van der Waals surface area contributed by atoms with E-state index in [1.165, 1.54) is 0 Å². The van der Waals surface area contributed by atoms with Gasteiger partial charge in [-0.15, -0.1) is 0 Å². The average Bonchev–Trinajstić information content (AvgIpc) is 3.11. The molecule has 1 heterocycles. The number of benzene rings is 3. The molecule has 0 saturated carbocycles. The van der Waals surface area contributed by atoms with Gasteiger partial charge in [-0.3, -0.25) is 0 Å². The highest BCUT2D eigenvalue weighted by atomic mass is 16.5. The van der Waals surface area contributed by atoms with E-state index in [9.17, 15) is 0 Å². The average molecular weight is 339 g/mol. The van der Waals surface area contributed by atoms with Gasteiger partial charge in [0.05, 0.1) is 6.61 Å². The number of hydrogen-bond donors (Lipinski definition) is 0. The Bertz CT molecular complexity index is 888. The summed E-state index contributed by atoms with van der Waals surface area (Å²) < 4.78 is 5.83. The van der Waals surface area contributed by atoms with E-state index in [0.29, 0.717) is 12.5 Å². The van der Waals surface area contributed by atoms with Crippen molar-refractivity contribution in [2.75, 3.05) is 6.61 Å². The van der Waals surface area contributed by atoms with Crippen LogP contribution >= 0.6 is 0 Å². The molecule has 26 heavy (non-hydrogen) atoms. The highest BCUT2D eigenvalue weighted by Gasteiger charge is 2.42. The first-order valence-corrected chi connectivity index (χ1v) is 8.96. The first-order chi connectivity index (χ1) is 12.8. The third-order valence-electron chi connectivity index (χ3n) is 4.70. The fourth-order valence-corrected chi connectivity index (χ4v) is 3.58. The van der Waals surface area contributed by atoms with Crippen molar-refractivity contribution in [3.63, 3.8) is 0 Å². The van der Waals surface area contributed by atoms with Gasteiger partial charge in [0.15, 0.2) is 0 Å². The van der Waals surface area contributed by atoms with Gasteiger partial charge in [-0.1, -0.05) is 91.0 Å². The Morgan fingerprint density at radius 1 is 0.731 bits per heavy atom. The Morgan fingerprint density at radius 3 is 1.73 bits per heavy atom. The molecule has 128 valence electrons. The Hall–Kier alpha value is -3.13. The molecule has 2 heteroatoms. The van der Waals surface area contributed by atoms with Crippen LogP contribution in [0.3, 0.4) is 0 Å². The van der Waals surface area contributed by atoms with E-state index in [0.717, 1.165) is 22.3 Å². The Balaban J connectivity index is 2.00. The number of ether oxygens (including phenoxy) is 1. The lowest BCUT2D eigenvalue weighted by Gasteiger charge is -2.31. The van der Waals surface area contributed by atoms with Crippen molar-refractivity contribution in [3.8, 4) is 0 Å². The smallest absolute Gasteiger partial charge is 0.210 e. The predicted octanol–water partition coefficient (Wildman–Crippen LogP) is 5.46. The predicted molar refractivity (Wildman–Crippen MR) is 107 cm³/mol. The van der Waals surface area contributed by atoms with Gasteiger partial charge in [0.1, 0.15) is 5.54 Å². The first-order valence-electron chi connectivity index (χ1n) is 8.96. The largest absolute Gasteiger partial charge is 0.478 e. The van der Waals surface area contributed by atoms with Crippen LogP contribution in [0, 0.1) is 0 Å². The van der Waals surface area contributed by atoms with Crippen LogP contribution in [0.2, 0.25) is 0 Å². The summed E-state index contributed by atoms with van der Waals surface area (Å²) in [6.45, 7) is 2.58. The highest BCUT2D eigenvalue weighted by Crippen LogP contribution is 2.48. The molecule has 2 nitrogen and oxygen atoms in total. The maximum absolute atomic E-state index is 5.83. The minimum atomic E-state index is -0.603. The molecule has 1 aliphatic heterocycles. The fourth-order valence-electron chi connectivity index (χ4n) is 3.58. The molecule has 0 aliphatic carbocycles. The molecule has 3 aromatic rings. The second kappa shape index (κ2) is 7.01. The van der Waals surface area contributed by atoms with E-state index in [4.69, 9.17) is 9.73 Å². The molecule has 0 N–H and O–H groups in total. The van der Waals surface area contributed by atoms with E-state index < -0.39 is 5.54 Å². The Labute approximate surface area is 154 Å². The van der Waals surface area contributed by atoms with Crippen molar-refractivity contribution in [2.24, 2.45) is 4.99 Å². The van der Waals surface area contributed by atoms with Gasteiger partial charge in [-0.2, -0.15) is 0 Å². The quantitative estimate of drug-likeness (QED) is 0.618. The van der Waals surface area contributed by atoms with E-state index in [1.807, 2.05) is 25.1 Å². The lowest BCUT2D eigenvalue weighted by atomic mass is 9.75. The van der Waals surface area contributed by atoms with Gasteiger partial charge in [0.2, 0.25) is 5.90 Å². The summed E-state index contributed by atoms with van der Waals surface area (Å²) in [6, 6.07) is 31.3. The summed E-state index contributed by atoms with van der Waals surface area (Å²) in [4.78, 5) is 5.11. The maximum atomic E-state index is 5.83. The SMILES string of the molecule is CCOC1=NC(c2ccccc2)(c2ccccc2)C(c2ccccc2)=C1. The van der Waals surface area contributed by atoms with Crippen molar-refractivity contribution in [1.82, 2.24) is 0 Å². The van der Waals surface area contributed by atoms with Crippen molar-refractivity contribution in [1.29, 1.82) is 0 Å². The Kier molecular flexibility index (Phi) is 4.40. The van der Waals surface area contributed by atoms with Crippen LogP contribution in [0.15, 0.2) is 102 Å². The zero-order valence-electron chi connectivity index (χ0n) is 14.8. The second-order valence-electron chi connectivity index (χ2n) is 6.25. The molecule has 4 rings (SSSR count). The van der Waals surface area contributed by atoms with Gasteiger partial charge in [0.25, 0.3) is 0 Å². The van der Waals surface area contributed by atoms with Gasteiger partial charge in [-0.05, 0) is 23.6 Å². The third-order valence-corrected chi connectivity index (χ3v) is 4.70. The summed E-state index contributed by atoms with van der Waals surface area (Å²) >= 11 is 0. The lowest BCUT2D eigenvalue weighted by molar-refractivity contribution is 0.328. The molecular weight excluding hydrogens is 318 g/mol. The lowest BCUT2D eigenvalue weighted by Crippen LogP contribution is -2.25. The summed E-state index contributed by atoms with van der Waals surface area (Å²) in [5.74, 6) is 0.680. The van der Waals surface area contributed by atoms with Gasteiger partial charge in [0, 0.05) is 11.6 Å². The van der Waals surface area contributed by atoms with Crippen LogP contribution in [0.1, 0.15) is 23.6 Å². The van der Waals surface area contributed by atoms with Crippen LogP contribution in [0.4, 0.5) is 0 Å². The van der Waals surface area contributed by atoms with Crippen LogP contribution in [0.5, 0.6) is 0 Å². The molecule has 0 spiro atoms. The van der Waals surface area contributed by atoms with Crippen molar-refractivity contribution in [3.05, 3.63) is 114 Å². The first kappa shape index (κ1) is 16.3.